The van der Waals surface area contributed by atoms with Crippen molar-refractivity contribution in [1.82, 2.24) is 20.5 Å². The lowest BCUT2D eigenvalue weighted by Crippen LogP contribution is -2.19. The van der Waals surface area contributed by atoms with Crippen molar-refractivity contribution in [3.05, 3.63) is 65.3 Å². The summed E-state index contributed by atoms with van der Waals surface area (Å²) in [5.74, 6) is 0.781. The second-order valence-electron chi connectivity index (χ2n) is 7.82. The molecule has 12 heteroatoms. The maximum atomic E-state index is 13.3. The highest BCUT2D eigenvalue weighted by Gasteiger charge is 2.40. The number of nitrogens with one attached hydrogen (secondary N) is 1. The monoisotopic (exact) mass is 575 g/mol. The Balaban J connectivity index is 0.000000874. The molecule has 5 rings (SSSR count). The summed E-state index contributed by atoms with van der Waals surface area (Å²) >= 11 is 1.37. The lowest BCUT2D eigenvalue weighted by Gasteiger charge is -2.11. The highest BCUT2D eigenvalue weighted by atomic mass is 32.2. The first kappa shape index (κ1) is 33.7. The molecule has 2 aromatic carbocycles. The summed E-state index contributed by atoms with van der Waals surface area (Å²) in [6.45, 7) is 8.38. The fourth-order valence-electron chi connectivity index (χ4n) is 3.58. The first-order valence-electron chi connectivity index (χ1n) is 12.3. The van der Waals surface area contributed by atoms with Crippen LogP contribution in [-0.4, -0.2) is 57.0 Å². The van der Waals surface area contributed by atoms with Crippen LogP contribution in [0.15, 0.2) is 52.9 Å². The van der Waals surface area contributed by atoms with Gasteiger partial charge in [0.05, 0.1) is 22.5 Å². The molecule has 0 bridgehead atoms. The van der Waals surface area contributed by atoms with Crippen LogP contribution < -0.4 is 11.1 Å². The van der Waals surface area contributed by atoms with Gasteiger partial charge < -0.3 is 25.1 Å². The molecule has 1 atom stereocenters. The van der Waals surface area contributed by atoms with Gasteiger partial charge in [-0.2, -0.15) is 0 Å². The van der Waals surface area contributed by atoms with Gasteiger partial charge in [-0.25, -0.2) is 13.4 Å². The van der Waals surface area contributed by atoms with Gasteiger partial charge in [0.15, 0.2) is 15.1 Å². The SMILES string of the molecule is C=O.C=O.CC.CN.CNCc1nnc(C(c2nc3ccc(-c4ccccc4)cc3s2)S(=O)(=O)CC2CC2)o1. The minimum Gasteiger partial charge on any atom is -0.422 e. The van der Waals surface area contributed by atoms with E-state index >= 15 is 0 Å². The van der Waals surface area contributed by atoms with E-state index in [1.54, 1.807) is 7.05 Å². The molecule has 0 aliphatic heterocycles. The molecule has 212 valence electrons. The molecule has 1 fully saturated rings. The topological polar surface area (TPSA) is 158 Å². The third-order valence-electron chi connectivity index (χ3n) is 5.30. The molecule has 2 heterocycles. The van der Waals surface area contributed by atoms with Crippen LogP contribution in [-0.2, 0) is 26.0 Å². The number of fused-ring (bicyclic) bond motifs is 1. The number of nitrogens with two attached hydrogens (primary N) is 1. The summed E-state index contributed by atoms with van der Waals surface area (Å²) in [6, 6.07) is 16.1. The highest BCUT2D eigenvalue weighted by molar-refractivity contribution is 7.92. The van der Waals surface area contributed by atoms with Crippen molar-refractivity contribution in [2.75, 3.05) is 19.8 Å². The van der Waals surface area contributed by atoms with Crippen molar-refractivity contribution in [2.24, 2.45) is 11.7 Å². The van der Waals surface area contributed by atoms with Crippen LogP contribution in [0.25, 0.3) is 21.3 Å². The summed E-state index contributed by atoms with van der Waals surface area (Å²) in [6.07, 6.45) is 1.89. The molecule has 1 unspecified atom stereocenters. The Morgan fingerprint density at radius 1 is 1.03 bits per heavy atom. The average molecular weight is 576 g/mol. The van der Waals surface area contributed by atoms with E-state index in [1.807, 2.05) is 69.9 Å². The Morgan fingerprint density at radius 2 is 1.67 bits per heavy atom. The van der Waals surface area contributed by atoms with Gasteiger partial charge >= 0.3 is 0 Å². The molecule has 1 aliphatic rings. The second kappa shape index (κ2) is 17.3. The predicted octanol–water partition coefficient (Wildman–Crippen LogP) is 4.21. The van der Waals surface area contributed by atoms with Crippen LogP contribution in [0, 0.1) is 5.92 Å². The van der Waals surface area contributed by atoms with E-state index in [2.05, 4.69) is 32.3 Å². The zero-order valence-corrected chi connectivity index (χ0v) is 24.4. The minimum absolute atomic E-state index is 0.0910. The van der Waals surface area contributed by atoms with E-state index in [9.17, 15) is 8.42 Å². The number of carbonyl (C=O) groups excluding carboxylic acids is 2. The lowest BCUT2D eigenvalue weighted by molar-refractivity contribution is -0.0987. The molecular formula is C27H37N5O5S2. The molecule has 10 nitrogen and oxygen atoms in total. The van der Waals surface area contributed by atoms with E-state index in [1.165, 1.54) is 18.4 Å². The fourth-order valence-corrected chi connectivity index (χ4v) is 7.09. The molecular weight excluding hydrogens is 538 g/mol. The Hall–Kier alpha value is -3.32. The van der Waals surface area contributed by atoms with E-state index in [0.717, 1.165) is 34.2 Å². The van der Waals surface area contributed by atoms with Gasteiger partial charge in [-0.15, -0.1) is 21.5 Å². The van der Waals surface area contributed by atoms with Gasteiger partial charge in [0.25, 0.3) is 0 Å². The summed E-state index contributed by atoms with van der Waals surface area (Å²) in [4.78, 5) is 20.7. The first-order valence-corrected chi connectivity index (χ1v) is 14.9. The smallest absolute Gasteiger partial charge is 0.241 e. The molecule has 3 N–H and O–H groups in total. The van der Waals surface area contributed by atoms with Crippen molar-refractivity contribution in [3.8, 4) is 11.1 Å². The zero-order valence-electron chi connectivity index (χ0n) is 22.8. The molecule has 4 aromatic rings. The van der Waals surface area contributed by atoms with Crippen LogP contribution in [0.5, 0.6) is 0 Å². The molecule has 1 saturated carbocycles. The van der Waals surface area contributed by atoms with Crippen molar-refractivity contribution in [3.63, 3.8) is 0 Å². The summed E-state index contributed by atoms with van der Waals surface area (Å²) in [5.41, 5.74) is 7.43. The Morgan fingerprint density at radius 3 is 2.26 bits per heavy atom. The molecule has 0 amide bonds. The molecule has 39 heavy (non-hydrogen) atoms. The summed E-state index contributed by atoms with van der Waals surface area (Å²) < 4.78 is 33.3. The normalized spacial score (nSPS) is 12.7. The van der Waals surface area contributed by atoms with Gasteiger partial charge in [0.2, 0.25) is 11.8 Å². The Kier molecular flexibility index (Phi) is 15.0. The largest absolute Gasteiger partial charge is 0.422 e. The van der Waals surface area contributed by atoms with Gasteiger partial charge in [0, 0.05) is 0 Å². The third kappa shape index (κ3) is 9.13. The van der Waals surface area contributed by atoms with Crippen LogP contribution in [0.3, 0.4) is 0 Å². The first-order chi connectivity index (χ1) is 19.0. The number of carbonyl (C=O) groups is 2. The van der Waals surface area contributed by atoms with E-state index in [-0.39, 0.29) is 17.6 Å². The van der Waals surface area contributed by atoms with Gasteiger partial charge in [0.1, 0.15) is 18.6 Å². The van der Waals surface area contributed by atoms with Crippen LogP contribution in [0.4, 0.5) is 0 Å². The fraction of sp³-hybridized carbons (Fsp3) is 0.370. The summed E-state index contributed by atoms with van der Waals surface area (Å²) in [7, 11) is -0.279. The predicted molar refractivity (Wildman–Crippen MR) is 156 cm³/mol. The molecule has 0 saturated heterocycles. The molecule has 0 radical (unpaired) electrons. The van der Waals surface area contributed by atoms with E-state index in [0.29, 0.717) is 17.4 Å². The van der Waals surface area contributed by atoms with E-state index in [4.69, 9.17) is 14.0 Å². The van der Waals surface area contributed by atoms with E-state index < -0.39 is 15.1 Å². The highest BCUT2D eigenvalue weighted by Crippen LogP contribution is 2.40. The maximum absolute atomic E-state index is 13.3. The van der Waals surface area contributed by atoms with Crippen molar-refractivity contribution in [2.45, 2.75) is 38.5 Å². The number of nitrogens with zero attached hydrogens (tertiary/aromatic N) is 3. The van der Waals surface area contributed by atoms with Crippen molar-refractivity contribution in [1.29, 1.82) is 0 Å². The zero-order chi connectivity index (χ0) is 29.4. The number of thiazole rings is 1. The van der Waals surface area contributed by atoms with Gasteiger partial charge in [-0.05, 0) is 56.1 Å². The second-order valence-corrected chi connectivity index (χ2v) is 11.0. The van der Waals surface area contributed by atoms with Crippen LogP contribution in [0.1, 0.15) is 48.7 Å². The average Bonchev–Trinajstić information content (AvgIpc) is 3.51. The number of rotatable bonds is 8. The Bertz CT molecular complexity index is 1350. The number of hydrogen-bond acceptors (Lipinski definition) is 11. The lowest BCUT2D eigenvalue weighted by atomic mass is 10.1. The summed E-state index contributed by atoms with van der Waals surface area (Å²) in [5, 5.41) is 10.4. The Labute approximate surface area is 234 Å². The molecule has 0 spiro atoms. The number of hydrogen-bond donors (Lipinski definition) is 2. The number of sulfone groups is 1. The van der Waals surface area contributed by atoms with Crippen LogP contribution in [0.2, 0.25) is 0 Å². The van der Waals surface area contributed by atoms with Gasteiger partial charge in [-0.3, -0.25) is 0 Å². The molecule has 2 aromatic heterocycles. The maximum Gasteiger partial charge on any atom is 0.241 e. The number of benzene rings is 2. The number of aromatic nitrogens is 3. The van der Waals surface area contributed by atoms with Gasteiger partial charge in [-0.1, -0.05) is 50.2 Å². The molecule has 1 aliphatic carbocycles. The minimum atomic E-state index is -3.55. The van der Waals surface area contributed by atoms with Crippen LogP contribution >= 0.6 is 11.3 Å². The third-order valence-corrected chi connectivity index (χ3v) is 8.61. The van der Waals surface area contributed by atoms with Crippen molar-refractivity contribution < 1.29 is 22.4 Å². The van der Waals surface area contributed by atoms with Crippen molar-refractivity contribution >= 4 is 45.0 Å². The quantitative estimate of drug-likeness (QED) is 0.312. The standard InChI is InChI=1S/C22H22N4O3S2.C2H6.CH5N.2CH2O/c1-23-12-19-25-26-21(29-19)20(31(27,28)13-14-7-8-14)22-24-17-10-9-16(11-18(17)30-22)15-5-3-2-4-6-15;4*1-2/h2-6,9-11,14,20,23H,7-8,12-13H2,1H3;1-2H3;2H2,1H3;2*1H2.